The van der Waals surface area contributed by atoms with Gasteiger partial charge in [-0.25, -0.2) is 4.79 Å². The van der Waals surface area contributed by atoms with E-state index in [2.05, 4.69) is 0 Å². The second-order valence-electron chi connectivity index (χ2n) is 4.74. The van der Waals surface area contributed by atoms with Gasteiger partial charge in [0.05, 0.1) is 19.3 Å². The number of ether oxygens (including phenoxy) is 2. The molecule has 1 aromatic rings. The van der Waals surface area contributed by atoms with Crippen LogP contribution in [0.2, 0.25) is 0 Å². The van der Waals surface area contributed by atoms with Gasteiger partial charge in [0.1, 0.15) is 12.6 Å². The van der Waals surface area contributed by atoms with Gasteiger partial charge in [0.2, 0.25) is 0 Å². The van der Waals surface area contributed by atoms with Gasteiger partial charge in [-0.2, -0.15) is 0 Å². The molecule has 7 nitrogen and oxygen atoms in total. The topological polar surface area (TPSA) is 102 Å². The van der Waals surface area contributed by atoms with Crippen molar-refractivity contribution in [3.63, 3.8) is 0 Å². The number of benzene rings is 1. The van der Waals surface area contributed by atoms with Crippen molar-refractivity contribution in [2.45, 2.75) is 18.7 Å². The Morgan fingerprint density at radius 1 is 1.43 bits per heavy atom. The number of rotatable bonds is 4. The number of hydrogen-bond acceptors (Lipinski definition) is 5. The number of nitrogens with two attached hydrogens (primary N) is 1. The number of carboxylic acid groups (broad SMARTS) is 1. The molecule has 114 valence electrons. The van der Waals surface area contributed by atoms with E-state index in [1.165, 1.54) is 0 Å². The molecular weight excluding hydrogens is 276 g/mol. The van der Waals surface area contributed by atoms with E-state index in [1.54, 1.807) is 0 Å². The van der Waals surface area contributed by atoms with Crippen molar-refractivity contribution >= 4 is 12.1 Å². The first-order valence-corrected chi connectivity index (χ1v) is 6.63. The first kappa shape index (κ1) is 15.3. The van der Waals surface area contributed by atoms with Gasteiger partial charge in [-0.15, -0.1) is 0 Å². The molecule has 0 aliphatic carbocycles. The van der Waals surface area contributed by atoms with Crippen LogP contribution in [0.1, 0.15) is 5.56 Å². The molecule has 1 unspecified atom stereocenters. The molecule has 0 bridgehead atoms. The lowest BCUT2D eigenvalue weighted by molar-refractivity contribution is -0.149. The Hall–Kier alpha value is -2.12. The van der Waals surface area contributed by atoms with Gasteiger partial charge in [0, 0.05) is 6.54 Å². The second kappa shape index (κ2) is 7.05. The highest BCUT2D eigenvalue weighted by Crippen LogP contribution is 2.12. The van der Waals surface area contributed by atoms with Crippen molar-refractivity contribution in [1.82, 2.24) is 4.90 Å². The monoisotopic (exact) mass is 294 g/mol. The van der Waals surface area contributed by atoms with Gasteiger partial charge in [-0.1, -0.05) is 30.3 Å². The van der Waals surface area contributed by atoms with Crippen LogP contribution >= 0.6 is 0 Å². The Kier molecular flexibility index (Phi) is 5.13. The number of esters is 1. The fourth-order valence-electron chi connectivity index (χ4n) is 2.14. The number of carbonyl (C=O) groups excluding carboxylic acids is 1. The van der Waals surface area contributed by atoms with Crippen LogP contribution in [0.3, 0.4) is 0 Å². The minimum absolute atomic E-state index is 0.0912. The quantitative estimate of drug-likeness (QED) is 0.781. The van der Waals surface area contributed by atoms with Crippen LogP contribution in [0.4, 0.5) is 4.79 Å². The average Bonchev–Trinajstić information content (AvgIpc) is 2.52. The van der Waals surface area contributed by atoms with Gasteiger partial charge in [0.25, 0.3) is 0 Å². The fraction of sp³-hybridized carbons (Fsp3) is 0.429. The standard InChI is InChI=1S/C14H18N2O5/c15-12(11-9-20-7-6-16(11)14(18)19)13(17)21-8-10-4-2-1-3-5-10/h1-5,11-12H,6-9,15H2,(H,18,19)/t11?,12-/m1/s1. The lowest BCUT2D eigenvalue weighted by Gasteiger charge is -2.35. The molecule has 1 heterocycles. The SMILES string of the molecule is N[C@@H](C(=O)OCc1ccccc1)C1COCCN1C(=O)O. The Bertz CT molecular complexity index is 493. The predicted molar refractivity (Wildman–Crippen MR) is 73.6 cm³/mol. The number of nitrogens with zero attached hydrogens (tertiary/aromatic N) is 1. The first-order chi connectivity index (χ1) is 10.1. The highest BCUT2D eigenvalue weighted by atomic mass is 16.5. The van der Waals surface area contributed by atoms with Crippen LogP contribution in [-0.2, 0) is 20.9 Å². The molecule has 0 spiro atoms. The van der Waals surface area contributed by atoms with E-state index in [0.717, 1.165) is 10.5 Å². The predicted octanol–water partition coefficient (Wildman–Crippen LogP) is 0.436. The van der Waals surface area contributed by atoms with E-state index in [4.69, 9.17) is 20.3 Å². The minimum Gasteiger partial charge on any atom is -0.465 e. The molecule has 1 aliphatic rings. The third-order valence-electron chi connectivity index (χ3n) is 3.32. The third kappa shape index (κ3) is 3.93. The molecule has 1 aromatic carbocycles. The Morgan fingerprint density at radius 2 is 2.14 bits per heavy atom. The summed E-state index contributed by atoms with van der Waals surface area (Å²) < 4.78 is 10.3. The Morgan fingerprint density at radius 3 is 2.81 bits per heavy atom. The summed E-state index contributed by atoms with van der Waals surface area (Å²) in [6, 6.07) is 7.40. The van der Waals surface area contributed by atoms with Gasteiger partial charge < -0.3 is 20.3 Å². The summed E-state index contributed by atoms with van der Waals surface area (Å²) >= 11 is 0. The third-order valence-corrected chi connectivity index (χ3v) is 3.32. The molecule has 7 heteroatoms. The van der Waals surface area contributed by atoms with Gasteiger partial charge in [0.15, 0.2) is 0 Å². The molecule has 2 rings (SSSR count). The van der Waals surface area contributed by atoms with Gasteiger partial charge in [-0.3, -0.25) is 9.69 Å². The molecule has 2 atom stereocenters. The lowest BCUT2D eigenvalue weighted by atomic mass is 10.1. The van der Waals surface area contributed by atoms with Crippen molar-refractivity contribution in [1.29, 1.82) is 0 Å². The number of carbonyl (C=O) groups is 2. The number of amides is 1. The molecule has 1 saturated heterocycles. The fourth-order valence-corrected chi connectivity index (χ4v) is 2.14. The van der Waals surface area contributed by atoms with E-state index in [-0.39, 0.29) is 19.8 Å². The van der Waals surface area contributed by atoms with Crippen molar-refractivity contribution < 1.29 is 24.2 Å². The van der Waals surface area contributed by atoms with E-state index >= 15 is 0 Å². The summed E-state index contributed by atoms with van der Waals surface area (Å²) in [5.74, 6) is -0.638. The highest BCUT2D eigenvalue weighted by molar-refractivity contribution is 5.78. The lowest BCUT2D eigenvalue weighted by Crippen LogP contribution is -2.59. The second-order valence-corrected chi connectivity index (χ2v) is 4.74. The van der Waals surface area contributed by atoms with E-state index in [9.17, 15) is 9.59 Å². The average molecular weight is 294 g/mol. The smallest absolute Gasteiger partial charge is 0.407 e. The molecule has 1 aliphatic heterocycles. The summed E-state index contributed by atoms with van der Waals surface area (Å²) in [6.07, 6.45) is -1.12. The summed E-state index contributed by atoms with van der Waals surface area (Å²) in [4.78, 5) is 24.2. The maximum atomic E-state index is 12.0. The summed E-state index contributed by atoms with van der Waals surface area (Å²) in [5.41, 5.74) is 6.67. The maximum Gasteiger partial charge on any atom is 0.407 e. The largest absolute Gasteiger partial charge is 0.465 e. The van der Waals surface area contributed by atoms with Crippen LogP contribution < -0.4 is 5.73 Å². The molecule has 3 N–H and O–H groups in total. The zero-order valence-electron chi connectivity index (χ0n) is 11.5. The molecule has 1 fully saturated rings. The van der Waals surface area contributed by atoms with Gasteiger partial charge in [-0.05, 0) is 5.56 Å². The van der Waals surface area contributed by atoms with Crippen LogP contribution in [0.15, 0.2) is 30.3 Å². The van der Waals surface area contributed by atoms with E-state index in [1.807, 2.05) is 30.3 Å². The zero-order chi connectivity index (χ0) is 15.2. The first-order valence-electron chi connectivity index (χ1n) is 6.63. The van der Waals surface area contributed by atoms with Gasteiger partial charge >= 0.3 is 12.1 Å². The molecule has 0 aromatic heterocycles. The zero-order valence-corrected chi connectivity index (χ0v) is 11.5. The number of morpholine rings is 1. The normalized spacial score (nSPS) is 19.9. The minimum atomic E-state index is -1.12. The van der Waals surface area contributed by atoms with Crippen LogP contribution in [0, 0.1) is 0 Å². The van der Waals surface area contributed by atoms with Crippen LogP contribution in [-0.4, -0.2) is 53.9 Å². The molecule has 1 amide bonds. The Balaban J connectivity index is 1.93. The summed E-state index contributed by atoms with van der Waals surface area (Å²) in [5, 5.41) is 9.11. The summed E-state index contributed by atoms with van der Waals surface area (Å²) in [7, 11) is 0. The molecular formula is C14H18N2O5. The summed E-state index contributed by atoms with van der Waals surface area (Å²) in [6.45, 7) is 0.691. The van der Waals surface area contributed by atoms with Crippen LogP contribution in [0.5, 0.6) is 0 Å². The number of hydrogen-bond donors (Lipinski definition) is 2. The maximum absolute atomic E-state index is 12.0. The van der Waals surface area contributed by atoms with E-state index in [0.29, 0.717) is 6.61 Å². The van der Waals surface area contributed by atoms with Crippen molar-refractivity contribution in [3.05, 3.63) is 35.9 Å². The molecule has 0 radical (unpaired) electrons. The van der Waals surface area contributed by atoms with E-state index < -0.39 is 24.1 Å². The van der Waals surface area contributed by atoms with Crippen molar-refractivity contribution in [3.8, 4) is 0 Å². The molecule has 0 saturated carbocycles. The van der Waals surface area contributed by atoms with Crippen LogP contribution in [0.25, 0.3) is 0 Å². The Labute approximate surface area is 122 Å². The van der Waals surface area contributed by atoms with Crippen molar-refractivity contribution in [2.75, 3.05) is 19.8 Å². The molecule has 21 heavy (non-hydrogen) atoms. The highest BCUT2D eigenvalue weighted by Gasteiger charge is 2.36. The van der Waals surface area contributed by atoms with Crippen molar-refractivity contribution in [2.24, 2.45) is 5.73 Å².